The maximum absolute atomic E-state index is 11.8. The average molecular weight is 268 g/mol. The van der Waals surface area contributed by atoms with Crippen molar-refractivity contribution in [2.45, 2.75) is 39.7 Å². The highest BCUT2D eigenvalue weighted by molar-refractivity contribution is 6.07. The number of nitrogens with zero attached hydrogens (tertiary/aromatic N) is 1. The standard InChI is InChI=1S/C13H20N2O4/c1-7(8(2)12(17)18)11(16)14-13(19)15(4)9(3)10-5-6-10/h9-10H,5-6H2,1-4H3,(H,17,18)(H,14,16,19). The Labute approximate surface area is 112 Å². The molecule has 2 N–H and O–H groups in total. The number of aliphatic carboxylic acids is 1. The summed E-state index contributed by atoms with van der Waals surface area (Å²) in [5, 5.41) is 11.0. The Bertz CT molecular complexity index is 438. The van der Waals surface area contributed by atoms with Gasteiger partial charge in [0.25, 0.3) is 5.91 Å². The lowest BCUT2D eigenvalue weighted by Gasteiger charge is -2.24. The second kappa shape index (κ2) is 5.86. The van der Waals surface area contributed by atoms with Crippen molar-refractivity contribution in [3.63, 3.8) is 0 Å². The molecule has 19 heavy (non-hydrogen) atoms. The van der Waals surface area contributed by atoms with Crippen molar-refractivity contribution in [3.8, 4) is 0 Å². The molecule has 0 aliphatic heterocycles. The van der Waals surface area contributed by atoms with E-state index in [4.69, 9.17) is 5.11 Å². The van der Waals surface area contributed by atoms with Gasteiger partial charge >= 0.3 is 12.0 Å². The van der Waals surface area contributed by atoms with Gasteiger partial charge in [0.15, 0.2) is 0 Å². The Morgan fingerprint density at radius 2 is 1.74 bits per heavy atom. The normalized spacial score (nSPS) is 17.3. The van der Waals surface area contributed by atoms with E-state index in [2.05, 4.69) is 5.32 Å². The zero-order valence-electron chi connectivity index (χ0n) is 11.7. The molecule has 0 radical (unpaired) electrons. The van der Waals surface area contributed by atoms with Gasteiger partial charge in [-0.3, -0.25) is 10.1 Å². The molecule has 6 nitrogen and oxygen atoms in total. The number of urea groups is 1. The largest absolute Gasteiger partial charge is 0.478 e. The van der Waals surface area contributed by atoms with E-state index in [1.165, 1.54) is 18.7 Å². The van der Waals surface area contributed by atoms with Crippen molar-refractivity contribution >= 4 is 17.9 Å². The third kappa shape index (κ3) is 3.81. The summed E-state index contributed by atoms with van der Waals surface area (Å²) in [6.45, 7) is 4.65. The smallest absolute Gasteiger partial charge is 0.331 e. The molecular formula is C13H20N2O4. The van der Waals surface area contributed by atoms with Crippen LogP contribution in [0.1, 0.15) is 33.6 Å². The van der Waals surface area contributed by atoms with Gasteiger partial charge in [-0.1, -0.05) is 0 Å². The summed E-state index contributed by atoms with van der Waals surface area (Å²) in [5.74, 6) is -1.33. The molecule has 1 saturated carbocycles. The van der Waals surface area contributed by atoms with Crippen LogP contribution in [-0.4, -0.2) is 41.0 Å². The topological polar surface area (TPSA) is 86.7 Å². The number of carboxylic acids is 1. The molecule has 1 aliphatic rings. The third-order valence-corrected chi connectivity index (χ3v) is 3.68. The Morgan fingerprint density at radius 3 is 2.16 bits per heavy atom. The molecular weight excluding hydrogens is 248 g/mol. The van der Waals surface area contributed by atoms with Crippen LogP contribution in [0.4, 0.5) is 4.79 Å². The summed E-state index contributed by atoms with van der Waals surface area (Å²) in [7, 11) is 1.63. The molecule has 1 rings (SSSR count). The molecule has 1 unspecified atom stereocenters. The third-order valence-electron chi connectivity index (χ3n) is 3.68. The first-order chi connectivity index (χ1) is 8.75. The molecule has 0 aromatic heterocycles. The van der Waals surface area contributed by atoms with E-state index in [0.29, 0.717) is 5.92 Å². The van der Waals surface area contributed by atoms with Crippen LogP contribution >= 0.6 is 0 Å². The van der Waals surface area contributed by atoms with Gasteiger partial charge in [0.2, 0.25) is 0 Å². The number of amides is 3. The zero-order chi connectivity index (χ0) is 14.7. The van der Waals surface area contributed by atoms with E-state index in [-0.39, 0.29) is 17.2 Å². The van der Waals surface area contributed by atoms with Crippen LogP contribution in [0.25, 0.3) is 0 Å². The Morgan fingerprint density at radius 1 is 1.21 bits per heavy atom. The first-order valence-corrected chi connectivity index (χ1v) is 6.24. The Kier molecular flexibility index (Phi) is 4.69. The van der Waals surface area contributed by atoms with Crippen molar-refractivity contribution in [1.29, 1.82) is 0 Å². The molecule has 0 heterocycles. The highest BCUT2D eigenvalue weighted by Crippen LogP contribution is 2.34. The van der Waals surface area contributed by atoms with E-state index >= 15 is 0 Å². The van der Waals surface area contributed by atoms with Crippen LogP contribution in [0.5, 0.6) is 0 Å². The number of hydrogen-bond acceptors (Lipinski definition) is 3. The molecule has 0 aromatic rings. The minimum absolute atomic E-state index is 0.0355. The van der Waals surface area contributed by atoms with Gasteiger partial charge in [0.1, 0.15) is 0 Å². The molecule has 106 valence electrons. The van der Waals surface area contributed by atoms with Crippen molar-refractivity contribution in [1.82, 2.24) is 10.2 Å². The summed E-state index contributed by atoms with van der Waals surface area (Å²) in [5.41, 5.74) is -0.0310. The number of imide groups is 1. The van der Waals surface area contributed by atoms with Crippen LogP contribution in [0.2, 0.25) is 0 Å². The minimum atomic E-state index is -1.17. The molecule has 3 amide bonds. The fourth-order valence-electron chi connectivity index (χ4n) is 1.69. The number of carbonyl (C=O) groups is 3. The van der Waals surface area contributed by atoms with Crippen LogP contribution in [0.3, 0.4) is 0 Å². The molecule has 0 bridgehead atoms. The van der Waals surface area contributed by atoms with Crippen molar-refractivity contribution in [2.24, 2.45) is 5.92 Å². The predicted molar refractivity (Wildman–Crippen MR) is 69.5 cm³/mol. The predicted octanol–water partition coefficient (Wildman–Crippen LogP) is 1.37. The molecule has 0 aromatic carbocycles. The number of carboxylic acid groups (broad SMARTS) is 1. The fourth-order valence-corrected chi connectivity index (χ4v) is 1.69. The quantitative estimate of drug-likeness (QED) is 0.754. The van der Waals surface area contributed by atoms with Gasteiger partial charge in [0.05, 0.1) is 0 Å². The fraction of sp³-hybridized carbons (Fsp3) is 0.615. The minimum Gasteiger partial charge on any atom is -0.478 e. The van der Waals surface area contributed by atoms with Crippen molar-refractivity contribution in [2.75, 3.05) is 7.05 Å². The molecule has 0 saturated heterocycles. The first kappa shape index (κ1) is 15.2. The molecule has 0 spiro atoms. The second-order valence-corrected chi connectivity index (χ2v) is 5.00. The van der Waals surface area contributed by atoms with Crippen molar-refractivity contribution in [3.05, 3.63) is 11.1 Å². The monoisotopic (exact) mass is 268 g/mol. The van der Waals surface area contributed by atoms with Gasteiger partial charge in [-0.2, -0.15) is 0 Å². The van der Waals surface area contributed by atoms with Gasteiger partial charge in [-0.15, -0.1) is 0 Å². The lowest BCUT2D eigenvalue weighted by Crippen LogP contribution is -2.45. The molecule has 1 fully saturated rings. The van der Waals surface area contributed by atoms with Crippen LogP contribution in [-0.2, 0) is 9.59 Å². The number of hydrogen-bond donors (Lipinski definition) is 2. The summed E-state index contributed by atoms with van der Waals surface area (Å²) < 4.78 is 0. The Hall–Kier alpha value is -1.85. The molecule has 1 aliphatic carbocycles. The average Bonchev–Trinajstić information content (AvgIpc) is 3.18. The van der Waals surface area contributed by atoms with E-state index < -0.39 is 17.9 Å². The van der Waals surface area contributed by atoms with Crippen LogP contribution < -0.4 is 5.32 Å². The van der Waals surface area contributed by atoms with E-state index in [9.17, 15) is 14.4 Å². The summed E-state index contributed by atoms with van der Waals surface area (Å²) in [6.07, 6.45) is 2.20. The number of rotatable bonds is 4. The Balaban J connectivity index is 2.63. The van der Waals surface area contributed by atoms with Gasteiger partial charge in [-0.25, -0.2) is 9.59 Å². The second-order valence-electron chi connectivity index (χ2n) is 5.00. The number of nitrogens with one attached hydrogen (secondary N) is 1. The van der Waals surface area contributed by atoms with Crippen LogP contribution in [0, 0.1) is 5.92 Å². The lowest BCUT2D eigenvalue weighted by atomic mass is 10.1. The maximum atomic E-state index is 11.8. The highest BCUT2D eigenvalue weighted by Gasteiger charge is 2.33. The van der Waals surface area contributed by atoms with Gasteiger partial charge < -0.3 is 10.0 Å². The van der Waals surface area contributed by atoms with Gasteiger partial charge in [0, 0.05) is 24.2 Å². The zero-order valence-corrected chi connectivity index (χ0v) is 11.7. The van der Waals surface area contributed by atoms with E-state index in [1.807, 2.05) is 6.92 Å². The number of carbonyl (C=O) groups excluding carboxylic acids is 2. The summed E-state index contributed by atoms with van der Waals surface area (Å²) in [6, 6.07) is -0.417. The maximum Gasteiger partial charge on any atom is 0.331 e. The van der Waals surface area contributed by atoms with Crippen LogP contribution in [0.15, 0.2) is 11.1 Å². The lowest BCUT2D eigenvalue weighted by molar-refractivity contribution is -0.133. The SMILES string of the molecule is CC(C(=O)O)=C(C)C(=O)NC(=O)N(C)C(C)C1CC1. The van der Waals surface area contributed by atoms with E-state index in [1.54, 1.807) is 7.05 Å². The molecule has 6 heteroatoms. The van der Waals surface area contributed by atoms with Crippen molar-refractivity contribution < 1.29 is 19.5 Å². The van der Waals surface area contributed by atoms with E-state index in [0.717, 1.165) is 12.8 Å². The first-order valence-electron chi connectivity index (χ1n) is 6.24. The highest BCUT2D eigenvalue weighted by atomic mass is 16.4. The summed E-state index contributed by atoms with van der Waals surface area (Å²) in [4.78, 5) is 35.8. The molecule has 1 atom stereocenters. The summed E-state index contributed by atoms with van der Waals surface area (Å²) >= 11 is 0. The van der Waals surface area contributed by atoms with Gasteiger partial charge in [-0.05, 0) is 39.5 Å².